The maximum Gasteiger partial charge on any atom is 0.0145 e. The van der Waals surface area contributed by atoms with Crippen molar-refractivity contribution in [1.82, 2.24) is 15.1 Å². The zero-order valence-electron chi connectivity index (χ0n) is 13.5. The van der Waals surface area contributed by atoms with Crippen LogP contribution in [-0.2, 0) is 0 Å². The number of nitrogens with zero attached hydrogens (tertiary/aromatic N) is 2. The Hall–Kier alpha value is -0.120. The standard InChI is InChI=1S/C17H33N3/c1-3-9-18-12-14-6-7-17(14)20-11-8-16-15(13-20)5-4-10-19(16)2/h14-18H,3-13H2,1-2H3. The molecule has 3 heteroatoms. The molecule has 3 rings (SSSR count). The van der Waals surface area contributed by atoms with Crippen LogP contribution in [0.3, 0.4) is 0 Å². The SMILES string of the molecule is CCCNCC1CCC1N1CCC2C(CCCN2C)C1. The summed E-state index contributed by atoms with van der Waals surface area (Å²) in [6.45, 7) is 8.76. The van der Waals surface area contributed by atoms with Gasteiger partial charge in [-0.1, -0.05) is 6.92 Å². The molecule has 0 spiro atoms. The van der Waals surface area contributed by atoms with Gasteiger partial charge >= 0.3 is 0 Å². The lowest BCUT2D eigenvalue weighted by molar-refractivity contribution is -0.0199. The number of hydrogen-bond donors (Lipinski definition) is 1. The van der Waals surface area contributed by atoms with Crippen molar-refractivity contribution in [1.29, 1.82) is 0 Å². The maximum absolute atomic E-state index is 3.63. The molecule has 4 unspecified atom stereocenters. The number of rotatable bonds is 5. The number of fused-ring (bicyclic) bond motifs is 1. The molecule has 2 aliphatic heterocycles. The van der Waals surface area contributed by atoms with E-state index in [0.717, 1.165) is 23.9 Å². The summed E-state index contributed by atoms with van der Waals surface area (Å²) in [6.07, 6.45) is 8.45. The van der Waals surface area contributed by atoms with Crippen molar-refractivity contribution in [3.8, 4) is 0 Å². The predicted octanol–water partition coefficient (Wildman–Crippen LogP) is 2.18. The third-order valence-electron chi connectivity index (χ3n) is 6.06. The molecule has 1 N–H and O–H groups in total. The third kappa shape index (κ3) is 3.05. The third-order valence-corrected chi connectivity index (χ3v) is 6.06. The van der Waals surface area contributed by atoms with Gasteiger partial charge < -0.3 is 10.2 Å². The molecule has 0 radical (unpaired) electrons. The Morgan fingerprint density at radius 1 is 1.05 bits per heavy atom. The predicted molar refractivity (Wildman–Crippen MR) is 85.0 cm³/mol. The van der Waals surface area contributed by atoms with Crippen LogP contribution in [0.15, 0.2) is 0 Å². The first-order valence-corrected chi connectivity index (χ1v) is 8.94. The Balaban J connectivity index is 1.49. The van der Waals surface area contributed by atoms with Gasteiger partial charge in [-0.3, -0.25) is 4.90 Å². The highest BCUT2D eigenvalue weighted by atomic mass is 15.2. The van der Waals surface area contributed by atoms with Crippen LogP contribution in [0.1, 0.15) is 45.4 Å². The highest BCUT2D eigenvalue weighted by molar-refractivity contribution is 4.96. The lowest BCUT2D eigenvalue weighted by atomic mass is 9.75. The minimum Gasteiger partial charge on any atom is -0.316 e. The molecule has 3 fully saturated rings. The van der Waals surface area contributed by atoms with Gasteiger partial charge in [0.25, 0.3) is 0 Å². The summed E-state index contributed by atoms with van der Waals surface area (Å²) in [5.74, 6) is 1.88. The molecule has 0 amide bonds. The number of likely N-dealkylation sites (tertiary alicyclic amines) is 2. The van der Waals surface area contributed by atoms with Crippen molar-refractivity contribution in [2.45, 2.75) is 57.5 Å². The second kappa shape index (κ2) is 6.76. The lowest BCUT2D eigenvalue weighted by Crippen LogP contribution is -2.59. The largest absolute Gasteiger partial charge is 0.316 e. The monoisotopic (exact) mass is 279 g/mol. The van der Waals surface area contributed by atoms with Crippen LogP contribution in [0, 0.1) is 11.8 Å². The van der Waals surface area contributed by atoms with Gasteiger partial charge in [0.2, 0.25) is 0 Å². The van der Waals surface area contributed by atoms with E-state index in [2.05, 4.69) is 29.1 Å². The number of nitrogens with one attached hydrogen (secondary N) is 1. The minimum atomic E-state index is 0.886. The van der Waals surface area contributed by atoms with Gasteiger partial charge in [0.15, 0.2) is 0 Å². The van der Waals surface area contributed by atoms with E-state index in [9.17, 15) is 0 Å². The molecule has 1 saturated carbocycles. The molecular formula is C17H33N3. The van der Waals surface area contributed by atoms with Crippen LogP contribution in [0.2, 0.25) is 0 Å². The summed E-state index contributed by atoms with van der Waals surface area (Å²) in [6, 6.07) is 1.78. The van der Waals surface area contributed by atoms with Crippen molar-refractivity contribution in [2.75, 3.05) is 39.8 Å². The molecule has 0 aromatic heterocycles. The summed E-state index contributed by atoms with van der Waals surface area (Å²) in [5, 5.41) is 3.63. The van der Waals surface area contributed by atoms with E-state index in [-0.39, 0.29) is 0 Å². The van der Waals surface area contributed by atoms with E-state index < -0.39 is 0 Å². The van der Waals surface area contributed by atoms with Crippen molar-refractivity contribution in [3.05, 3.63) is 0 Å². The van der Waals surface area contributed by atoms with E-state index in [0.29, 0.717) is 0 Å². The molecule has 0 aromatic rings. The summed E-state index contributed by atoms with van der Waals surface area (Å²) < 4.78 is 0. The Labute approximate surface area is 125 Å². The average molecular weight is 279 g/mol. The van der Waals surface area contributed by atoms with Gasteiger partial charge in [-0.05, 0) is 83.6 Å². The average Bonchev–Trinajstić information content (AvgIpc) is 2.42. The molecule has 2 saturated heterocycles. The Morgan fingerprint density at radius 2 is 1.95 bits per heavy atom. The van der Waals surface area contributed by atoms with Crippen LogP contribution in [0.25, 0.3) is 0 Å². The van der Waals surface area contributed by atoms with Crippen LogP contribution in [-0.4, -0.2) is 61.7 Å². The van der Waals surface area contributed by atoms with E-state index in [1.54, 1.807) is 0 Å². The van der Waals surface area contributed by atoms with Crippen molar-refractivity contribution in [3.63, 3.8) is 0 Å². The Kier molecular flexibility index (Phi) is 5.00. The fourth-order valence-corrected chi connectivity index (χ4v) is 4.72. The second-order valence-corrected chi connectivity index (χ2v) is 7.34. The van der Waals surface area contributed by atoms with Gasteiger partial charge in [-0.2, -0.15) is 0 Å². The molecule has 2 heterocycles. The van der Waals surface area contributed by atoms with Gasteiger partial charge in [0, 0.05) is 18.6 Å². The van der Waals surface area contributed by atoms with Crippen LogP contribution >= 0.6 is 0 Å². The highest BCUT2D eigenvalue weighted by Gasteiger charge is 2.41. The molecule has 4 atom stereocenters. The first-order chi connectivity index (χ1) is 9.79. The quantitative estimate of drug-likeness (QED) is 0.778. The molecule has 0 bridgehead atoms. The van der Waals surface area contributed by atoms with E-state index >= 15 is 0 Å². The van der Waals surface area contributed by atoms with Crippen LogP contribution < -0.4 is 5.32 Å². The topological polar surface area (TPSA) is 18.5 Å². The van der Waals surface area contributed by atoms with Gasteiger partial charge in [-0.25, -0.2) is 0 Å². The van der Waals surface area contributed by atoms with Gasteiger partial charge in [0.05, 0.1) is 0 Å². The van der Waals surface area contributed by atoms with Crippen molar-refractivity contribution < 1.29 is 0 Å². The maximum atomic E-state index is 3.63. The van der Waals surface area contributed by atoms with E-state index in [1.165, 1.54) is 71.2 Å². The van der Waals surface area contributed by atoms with Crippen LogP contribution in [0.5, 0.6) is 0 Å². The zero-order valence-corrected chi connectivity index (χ0v) is 13.5. The first kappa shape index (κ1) is 14.8. The van der Waals surface area contributed by atoms with Crippen molar-refractivity contribution in [2.24, 2.45) is 11.8 Å². The zero-order chi connectivity index (χ0) is 13.9. The number of piperidine rings is 2. The van der Waals surface area contributed by atoms with E-state index in [1.807, 2.05) is 0 Å². The molecule has 3 aliphatic rings. The van der Waals surface area contributed by atoms with Crippen LogP contribution in [0.4, 0.5) is 0 Å². The number of hydrogen-bond acceptors (Lipinski definition) is 3. The molecule has 116 valence electrons. The molecule has 0 aromatic carbocycles. The van der Waals surface area contributed by atoms with Gasteiger partial charge in [-0.15, -0.1) is 0 Å². The molecule has 1 aliphatic carbocycles. The summed E-state index contributed by atoms with van der Waals surface area (Å²) in [5.41, 5.74) is 0. The minimum absolute atomic E-state index is 0.886. The Morgan fingerprint density at radius 3 is 2.70 bits per heavy atom. The smallest absolute Gasteiger partial charge is 0.0145 e. The highest BCUT2D eigenvalue weighted by Crippen LogP contribution is 2.37. The fourth-order valence-electron chi connectivity index (χ4n) is 4.72. The van der Waals surface area contributed by atoms with Gasteiger partial charge in [0.1, 0.15) is 0 Å². The lowest BCUT2D eigenvalue weighted by Gasteiger charge is -2.52. The summed E-state index contributed by atoms with van der Waals surface area (Å²) in [4.78, 5) is 5.48. The van der Waals surface area contributed by atoms with Crippen molar-refractivity contribution >= 4 is 0 Å². The second-order valence-electron chi connectivity index (χ2n) is 7.34. The first-order valence-electron chi connectivity index (χ1n) is 8.94. The summed E-state index contributed by atoms with van der Waals surface area (Å²) in [7, 11) is 2.34. The Bertz CT molecular complexity index is 307. The molecular weight excluding hydrogens is 246 g/mol. The molecule has 20 heavy (non-hydrogen) atoms. The molecule has 3 nitrogen and oxygen atoms in total. The fraction of sp³-hybridized carbons (Fsp3) is 1.00. The van der Waals surface area contributed by atoms with E-state index in [4.69, 9.17) is 0 Å². The normalized spacial score (nSPS) is 39.3. The summed E-state index contributed by atoms with van der Waals surface area (Å²) >= 11 is 0.